The molecular formula is C20H17F2N7O2. The number of benzene rings is 1. The molecule has 11 heteroatoms. The van der Waals surface area contributed by atoms with Crippen LogP contribution < -0.4 is 21.3 Å². The fourth-order valence-electron chi connectivity index (χ4n) is 3.20. The molecule has 0 unspecified atom stereocenters. The van der Waals surface area contributed by atoms with E-state index < -0.39 is 23.6 Å². The second-order valence-electron chi connectivity index (χ2n) is 7.34. The van der Waals surface area contributed by atoms with E-state index in [1.54, 1.807) is 10.6 Å². The molecule has 1 aliphatic carbocycles. The average Bonchev–Trinajstić information content (AvgIpc) is 3.36. The molecule has 1 aliphatic heterocycles. The minimum absolute atomic E-state index is 0.0881. The number of urea groups is 1. The van der Waals surface area contributed by atoms with E-state index in [1.165, 1.54) is 24.4 Å². The minimum Gasteiger partial charge on any atom is -0.367 e. The molecule has 3 aromatic rings. The van der Waals surface area contributed by atoms with E-state index in [-0.39, 0.29) is 12.2 Å². The molecule has 31 heavy (non-hydrogen) atoms. The van der Waals surface area contributed by atoms with Crippen LogP contribution in [0.5, 0.6) is 0 Å². The molecule has 2 aliphatic rings. The first-order valence-electron chi connectivity index (χ1n) is 9.63. The Morgan fingerprint density at radius 3 is 2.74 bits per heavy atom. The van der Waals surface area contributed by atoms with E-state index in [0.29, 0.717) is 34.5 Å². The maximum Gasteiger partial charge on any atom is 0.326 e. The van der Waals surface area contributed by atoms with Crippen molar-refractivity contribution >= 4 is 35.3 Å². The normalized spacial score (nSPS) is 17.2. The van der Waals surface area contributed by atoms with Crippen LogP contribution >= 0.6 is 0 Å². The predicted molar refractivity (Wildman–Crippen MR) is 108 cm³/mol. The molecule has 5 rings (SSSR count). The third-order valence-corrected chi connectivity index (χ3v) is 4.92. The Labute approximate surface area is 174 Å². The van der Waals surface area contributed by atoms with Gasteiger partial charge in [-0.25, -0.2) is 18.6 Å². The number of rotatable bonds is 6. The molecule has 2 aromatic heterocycles. The SMILES string of the molecule is O=C1NC(=O)/C(=C/c2cnn3c(NC4CC4)cc(NCc4ccc(F)cc4F)nc23)N1. The molecule has 3 amide bonds. The summed E-state index contributed by atoms with van der Waals surface area (Å²) in [4.78, 5) is 27.8. The molecule has 0 atom stereocenters. The summed E-state index contributed by atoms with van der Waals surface area (Å²) >= 11 is 0. The van der Waals surface area contributed by atoms with E-state index in [0.717, 1.165) is 18.9 Å². The minimum atomic E-state index is -0.650. The van der Waals surface area contributed by atoms with Crippen molar-refractivity contribution in [2.45, 2.75) is 25.4 Å². The van der Waals surface area contributed by atoms with Crippen LogP contribution in [0.1, 0.15) is 24.0 Å². The van der Waals surface area contributed by atoms with Gasteiger partial charge in [-0.2, -0.15) is 9.61 Å². The van der Waals surface area contributed by atoms with Crippen molar-refractivity contribution in [2.24, 2.45) is 0 Å². The van der Waals surface area contributed by atoms with E-state index in [4.69, 9.17) is 0 Å². The first-order chi connectivity index (χ1) is 15.0. The van der Waals surface area contributed by atoms with Gasteiger partial charge in [-0.15, -0.1) is 0 Å². The monoisotopic (exact) mass is 425 g/mol. The number of nitrogens with one attached hydrogen (secondary N) is 4. The highest BCUT2D eigenvalue weighted by Crippen LogP contribution is 2.27. The van der Waals surface area contributed by atoms with Crippen molar-refractivity contribution in [2.75, 3.05) is 10.6 Å². The topological polar surface area (TPSA) is 112 Å². The van der Waals surface area contributed by atoms with Gasteiger partial charge in [0.05, 0.1) is 6.20 Å². The number of nitrogens with zero attached hydrogens (tertiary/aromatic N) is 3. The van der Waals surface area contributed by atoms with Gasteiger partial charge < -0.3 is 16.0 Å². The Kier molecular flexibility index (Phi) is 4.50. The summed E-state index contributed by atoms with van der Waals surface area (Å²) in [5.41, 5.74) is 1.34. The number of amides is 3. The Morgan fingerprint density at radius 1 is 1.19 bits per heavy atom. The molecule has 0 spiro atoms. The number of halogens is 2. The lowest BCUT2D eigenvalue weighted by Gasteiger charge is -2.12. The number of hydrogen-bond donors (Lipinski definition) is 4. The van der Waals surface area contributed by atoms with Crippen LogP contribution in [0.25, 0.3) is 11.7 Å². The van der Waals surface area contributed by atoms with E-state index in [1.807, 2.05) is 0 Å². The van der Waals surface area contributed by atoms with Crippen LogP contribution in [-0.2, 0) is 11.3 Å². The highest BCUT2D eigenvalue weighted by Gasteiger charge is 2.25. The number of imide groups is 1. The van der Waals surface area contributed by atoms with Crippen LogP contribution in [0.4, 0.5) is 25.2 Å². The quantitative estimate of drug-likeness (QED) is 0.356. The Bertz CT molecular complexity index is 1250. The number of carbonyl (C=O) groups is 2. The summed E-state index contributed by atoms with van der Waals surface area (Å²) in [5, 5.41) is 15.3. The summed E-state index contributed by atoms with van der Waals surface area (Å²) in [6, 6.07) is 4.88. The summed E-state index contributed by atoms with van der Waals surface area (Å²) in [7, 11) is 0. The molecule has 0 radical (unpaired) electrons. The molecule has 3 heterocycles. The van der Waals surface area contributed by atoms with Gasteiger partial charge in [0.2, 0.25) is 0 Å². The summed E-state index contributed by atoms with van der Waals surface area (Å²) in [6.45, 7) is 0.0984. The standard InChI is InChI=1S/C20H17F2N7O2/c21-12-2-1-10(14(22)6-12)8-23-16-7-17(25-13-3-4-13)29-18(27-16)11(9-24-29)5-15-19(30)28-20(31)26-15/h1-2,5-7,9,13,25H,3-4,8H2,(H,23,27)(H2,26,28,30,31)/b15-5-. The maximum absolute atomic E-state index is 14.0. The molecule has 9 nitrogen and oxygen atoms in total. The van der Waals surface area contributed by atoms with Gasteiger partial charge in [0.1, 0.15) is 29.0 Å². The van der Waals surface area contributed by atoms with E-state index in [9.17, 15) is 18.4 Å². The number of fused-ring (bicyclic) bond motifs is 1. The van der Waals surface area contributed by atoms with Gasteiger partial charge in [0.25, 0.3) is 5.91 Å². The van der Waals surface area contributed by atoms with Gasteiger partial charge in [-0.05, 0) is 25.0 Å². The zero-order chi connectivity index (χ0) is 21.5. The zero-order valence-corrected chi connectivity index (χ0v) is 16.1. The molecule has 1 saturated carbocycles. The lowest BCUT2D eigenvalue weighted by molar-refractivity contribution is -0.115. The molecular weight excluding hydrogens is 408 g/mol. The molecule has 158 valence electrons. The zero-order valence-electron chi connectivity index (χ0n) is 16.1. The first-order valence-corrected chi connectivity index (χ1v) is 9.63. The second-order valence-corrected chi connectivity index (χ2v) is 7.34. The first kappa shape index (κ1) is 19.0. The highest BCUT2D eigenvalue weighted by atomic mass is 19.1. The van der Waals surface area contributed by atoms with Crippen molar-refractivity contribution < 1.29 is 18.4 Å². The lowest BCUT2D eigenvalue weighted by Crippen LogP contribution is -2.22. The molecule has 2 fully saturated rings. The van der Waals surface area contributed by atoms with Crippen LogP contribution in [0.2, 0.25) is 0 Å². The van der Waals surface area contributed by atoms with Gasteiger partial charge >= 0.3 is 6.03 Å². The van der Waals surface area contributed by atoms with Crippen LogP contribution in [0.15, 0.2) is 36.2 Å². The summed E-state index contributed by atoms with van der Waals surface area (Å²) < 4.78 is 28.7. The van der Waals surface area contributed by atoms with Crippen LogP contribution in [-0.4, -0.2) is 32.6 Å². The van der Waals surface area contributed by atoms with Crippen molar-refractivity contribution in [3.63, 3.8) is 0 Å². The van der Waals surface area contributed by atoms with Crippen LogP contribution in [0.3, 0.4) is 0 Å². The Hall–Kier alpha value is -4.02. The van der Waals surface area contributed by atoms with Crippen molar-refractivity contribution in [1.82, 2.24) is 25.2 Å². The largest absolute Gasteiger partial charge is 0.367 e. The number of anilines is 2. The van der Waals surface area contributed by atoms with Gasteiger partial charge in [-0.3, -0.25) is 10.1 Å². The fraction of sp³-hybridized carbons (Fsp3) is 0.200. The van der Waals surface area contributed by atoms with Crippen LogP contribution in [0, 0.1) is 11.6 Å². The summed E-state index contributed by atoms with van der Waals surface area (Å²) in [5.74, 6) is -0.709. The average molecular weight is 425 g/mol. The molecule has 0 bridgehead atoms. The fourth-order valence-corrected chi connectivity index (χ4v) is 3.20. The maximum atomic E-state index is 14.0. The van der Waals surface area contributed by atoms with Gasteiger partial charge in [-0.1, -0.05) is 6.07 Å². The number of carbonyl (C=O) groups excluding carboxylic acids is 2. The number of hydrogen-bond acceptors (Lipinski definition) is 6. The van der Waals surface area contributed by atoms with Crippen molar-refractivity contribution in [3.05, 3.63) is 58.9 Å². The highest BCUT2D eigenvalue weighted by molar-refractivity contribution is 6.14. The van der Waals surface area contributed by atoms with E-state index >= 15 is 0 Å². The lowest BCUT2D eigenvalue weighted by atomic mass is 10.2. The second kappa shape index (κ2) is 7.35. The number of aromatic nitrogens is 3. The molecule has 1 saturated heterocycles. The van der Waals surface area contributed by atoms with Gasteiger partial charge in [0, 0.05) is 35.8 Å². The third-order valence-electron chi connectivity index (χ3n) is 4.92. The van der Waals surface area contributed by atoms with Crippen molar-refractivity contribution in [3.8, 4) is 0 Å². The molecule has 1 aromatic carbocycles. The Balaban J connectivity index is 1.49. The third kappa shape index (κ3) is 3.89. The predicted octanol–water partition coefficient (Wildman–Crippen LogP) is 2.37. The summed E-state index contributed by atoms with van der Waals surface area (Å²) in [6.07, 6.45) is 5.10. The van der Waals surface area contributed by atoms with E-state index in [2.05, 4.69) is 31.3 Å². The molecule has 4 N–H and O–H groups in total. The smallest absolute Gasteiger partial charge is 0.326 e. The van der Waals surface area contributed by atoms with Gasteiger partial charge in [0.15, 0.2) is 5.65 Å². The Morgan fingerprint density at radius 2 is 2.03 bits per heavy atom. The van der Waals surface area contributed by atoms with Crippen molar-refractivity contribution in [1.29, 1.82) is 0 Å².